The van der Waals surface area contributed by atoms with E-state index in [0.717, 1.165) is 21.3 Å². The number of rotatable bonds is 6. The summed E-state index contributed by atoms with van der Waals surface area (Å²) in [6.07, 6.45) is 0.923. The Morgan fingerprint density at radius 3 is 2.62 bits per heavy atom. The first-order valence-electron chi connectivity index (χ1n) is 7.44. The predicted octanol–water partition coefficient (Wildman–Crippen LogP) is 3.81. The molecule has 24 heavy (non-hydrogen) atoms. The lowest BCUT2D eigenvalue weighted by molar-refractivity contribution is -0.118. The minimum Gasteiger partial charge on any atom is -0.483 e. The molecule has 0 saturated heterocycles. The molecule has 1 aromatic carbocycles. The van der Waals surface area contributed by atoms with Crippen molar-refractivity contribution in [2.45, 2.75) is 27.2 Å². The van der Waals surface area contributed by atoms with Crippen LogP contribution in [0.1, 0.15) is 33.3 Å². The summed E-state index contributed by atoms with van der Waals surface area (Å²) in [4.78, 5) is 24.6. The fourth-order valence-corrected chi connectivity index (χ4v) is 3.82. The number of nitrogens with one attached hydrogen (secondary N) is 1. The van der Waals surface area contributed by atoms with E-state index in [1.54, 1.807) is 0 Å². The number of aryl methyl sites for hydroxylation is 2. The number of halogens is 1. The standard InChI is InChI=1S/C17H19BrN2O3S/c1-4-11-5-6-13(12(18)7-11)23-8-14(21)20-17-15(16(19)22)9(2)10(3)24-17/h5-7H,4,8H2,1-3H3,(H2,19,22)(H,20,21). The SMILES string of the molecule is CCc1ccc(OCC(=O)Nc2sc(C)c(C)c2C(N)=O)c(Br)c1. The van der Waals surface area contributed by atoms with Crippen molar-refractivity contribution in [2.24, 2.45) is 5.73 Å². The molecule has 0 saturated carbocycles. The molecule has 0 spiro atoms. The summed E-state index contributed by atoms with van der Waals surface area (Å²) in [5, 5.41) is 3.17. The normalized spacial score (nSPS) is 10.5. The van der Waals surface area contributed by atoms with Crippen LogP contribution < -0.4 is 15.8 Å². The molecule has 0 radical (unpaired) electrons. The van der Waals surface area contributed by atoms with Gasteiger partial charge in [0.1, 0.15) is 10.8 Å². The molecule has 0 atom stereocenters. The first-order valence-corrected chi connectivity index (χ1v) is 9.05. The largest absolute Gasteiger partial charge is 0.483 e. The molecule has 2 aromatic rings. The average molecular weight is 411 g/mol. The predicted molar refractivity (Wildman–Crippen MR) is 100.0 cm³/mol. The molecule has 5 nitrogen and oxygen atoms in total. The summed E-state index contributed by atoms with van der Waals surface area (Å²) in [5.74, 6) is -0.299. The van der Waals surface area contributed by atoms with Crippen LogP contribution in [0.15, 0.2) is 22.7 Å². The molecule has 128 valence electrons. The van der Waals surface area contributed by atoms with Crippen molar-refractivity contribution in [3.63, 3.8) is 0 Å². The van der Waals surface area contributed by atoms with E-state index < -0.39 is 5.91 Å². The summed E-state index contributed by atoms with van der Waals surface area (Å²) < 4.78 is 6.34. The van der Waals surface area contributed by atoms with E-state index in [0.29, 0.717) is 16.3 Å². The van der Waals surface area contributed by atoms with Gasteiger partial charge in [0.25, 0.3) is 11.8 Å². The third-order valence-corrected chi connectivity index (χ3v) is 5.39. The zero-order valence-corrected chi connectivity index (χ0v) is 16.1. The van der Waals surface area contributed by atoms with Gasteiger partial charge in [-0.2, -0.15) is 0 Å². The smallest absolute Gasteiger partial charge is 0.262 e. The third kappa shape index (κ3) is 4.15. The van der Waals surface area contributed by atoms with Crippen molar-refractivity contribution < 1.29 is 14.3 Å². The van der Waals surface area contributed by atoms with E-state index in [4.69, 9.17) is 10.5 Å². The molecule has 7 heteroatoms. The molecule has 0 bridgehead atoms. The Morgan fingerprint density at radius 1 is 1.33 bits per heavy atom. The molecular formula is C17H19BrN2O3S. The number of thiophene rings is 1. The molecule has 1 aromatic heterocycles. The fraction of sp³-hybridized carbons (Fsp3) is 0.294. The lowest BCUT2D eigenvalue weighted by Gasteiger charge is -2.10. The number of nitrogens with two attached hydrogens (primary N) is 1. The topological polar surface area (TPSA) is 81.4 Å². The minimum absolute atomic E-state index is 0.154. The Balaban J connectivity index is 2.04. The molecule has 3 N–H and O–H groups in total. The van der Waals surface area contributed by atoms with Crippen LogP contribution in [0, 0.1) is 13.8 Å². The van der Waals surface area contributed by atoms with Gasteiger partial charge in [-0.1, -0.05) is 13.0 Å². The van der Waals surface area contributed by atoms with Gasteiger partial charge in [0.15, 0.2) is 6.61 Å². The average Bonchev–Trinajstić information content (AvgIpc) is 2.80. The Labute approximate surface area is 153 Å². The summed E-state index contributed by atoms with van der Waals surface area (Å²) in [5.41, 5.74) is 7.72. The van der Waals surface area contributed by atoms with Gasteiger partial charge in [0, 0.05) is 4.88 Å². The highest BCUT2D eigenvalue weighted by molar-refractivity contribution is 9.10. The summed E-state index contributed by atoms with van der Waals surface area (Å²) in [6, 6.07) is 5.74. The molecule has 0 aliphatic heterocycles. The number of carbonyl (C=O) groups excluding carboxylic acids is 2. The second kappa shape index (κ2) is 7.81. The number of hydrogen-bond donors (Lipinski definition) is 2. The van der Waals surface area contributed by atoms with Gasteiger partial charge in [-0.15, -0.1) is 11.3 Å². The lowest BCUT2D eigenvalue weighted by atomic mass is 10.1. The molecule has 2 amide bonds. The van der Waals surface area contributed by atoms with E-state index in [1.807, 2.05) is 32.0 Å². The lowest BCUT2D eigenvalue weighted by Crippen LogP contribution is -2.22. The minimum atomic E-state index is -0.550. The van der Waals surface area contributed by atoms with Crippen molar-refractivity contribution in [3.8, 4) is 5.75 Å². The van der Waals surface area contributed by atoms with Gasteiger partial charge in [0.2, 0.25) is 0 Å². The Hall–Kier alpha value is -1.86. The molecule has 0 aliphatic rings. The van der Waals surface area contributed by atoms with E-state index in [2.05, 4.69) is 28.2 Å². The second-order valence-corrected chi connectivity index (χ2v) is 7.39. The monoisotopic (exact) mass is 410 g/mol. The number of amides is 2. The zero-order valence-electron chi connectivity index (χ0n) is 13.7. The van der Waals surface area contributed by atoms with Crippen molar-refractivity contribution in [3.05, 3.63) is 44.2 Å². The maximum atomic E-state index is 12.1. The third-order valence-electron chi connectivity index (χ3n) is 3.65. The van der Waals surface area contributed by atoms with E-state index in [-0.39, 0.29) is 12.5 Å². The number of carbonyl (C=O) groups is 2. The van der Waals surface area contributed by atoms with E-state index in [1.165, 1.54) is 16.9 Å². The molecule has 0 aliphatic carbocycles. The maximum Gasteiger partial charge on any atom is 0.262 e. The highest BCUT2D eigenvalue weighted by Gasteiger charge is 2.19. The van der Waals surface area contributed by atoms with Gasteiger partial charge in [0.05, 0.1) is 10.0 Å². The molecule has 0 fully saturated rings. The van der Waals surface area contributed by atoms with Gasteiger partial charge in [-0.25, -0.2) is 0 Å². The number of benzene rings is 1. The van der Waals surface area contributed by atoms with Gasteiger partial charge in [-0.05, 0) is 59.5 Å². The highest BCUT2D eigenvalue weighted by atomic mass is 79.9. The maximum absolute atomic E-state index is 12.1. The van der Waals surface area contributed by atoms with Crippen molar-refractivity contribution >= 4 is 44.1 Å². The molecule has 2 rings (SSSR count). The first-order chi connectivity index (χ1) is 11.3. The summed E-state index contributed by atoms with van der Waals surface area (Å²) in [7, 11) is 0. The molecular weight excluding hydrogens is 392 g/mol. The van der Waals surface area contributed by atoms with Crippen LogP contribution in [-0.2, 0) is 11.2 Å². The van der Waals surface area contributed by atoms with E-state index >= 15 is 0 Å². The van der Waals surface area contributed by atoms with Crippen LogP contribution in [0.3, 0.4) is 0 Å². The number of primary amides is 1. The Kier molecular flexibility index (Phi) is 6.01. The van der Waals surface area contributed by atoms with Crippen molar-refractivity contribution in [1.29, 1.82) is 0 Å². The number of ether oxygens (including phenoxy) is 1. The van der Waals surface area contributed by atoms with Crippen LogP contribution in [-0.4, -0.2) is 18.4 Å². The Bertz CT molecular complexity index is 786. The van der Waals surface area contributed by atoms with Crippen LogP contribution in [0.5, 0.6) is 5.75 Å². The number of anilines is 1. The van der Waals surface area contributed by atoms with Crippen LogP contribution >= 0.6 is 27.3 Å². The Morgan fingerprint density at radius 2 is 2.04 bits per heavy atom. The van der Waals surface area contributed by atoms with Crippen molar-refractivity contribution in [2.75, 3.05) is 11.9 Å². The van der Waals surface area contributed by atoms with Gasteiger partial charge < -0.3 is 15.8 Å². The molecule has 0 unspecified atom stereocenters. The van der Waals surface area contributed by atoms with Gasteiger partial charge >= 0.3 is 0 Å². The van der Waals surface area contributed by atoms with Crippen molar-refractivity contribution in [1.82, 2.24) is 0 Å². The highest BCUT2D eigenvalue weighted by Crippen LogP contribution is 2.32. The summed E-state index contributed by atoms with van der Waals surface area (Å²) in [6.45, 7) is 5.60. The van der Waals surface area contributed by atoms with Crippen LogP contribution in [0.4, 0.5) is 5.00 Å². The number of hydrogen-bond acceptors (Lipinski definition) is 4. The molecule has 1 heterocycles. The van der Waals surface area contributed by atoms with E-state index in [9.17, 15) is 9.59 Å². The second-order valence-electron chi connectivity index (χ2n) is 5.31. The fourth-order valence-electron chi connectivity index (χ4n) is 2.20. The summed E-state index contributed by atoms with van der Waals surface area (Å²) >= 11 is 4.76. The van der Waals surface area contributed by atoms with Gasteiger partial charge in [-0.3, -0.25) is 9.59 Å². The zero-order chi connectivity index (χ0) is 17.9. The first kappa shape index (κ1) is 18.5. The van der Waals surface area contributed by atoms with Crippen LogP contribution in [0.2, 0.25) is 0 Å². The van der Waals surface area contributed by atoms with Crippen LogP contribution in [0.25, 0.3) is 0 Å². The quantitative estimate of drug-likeness (QED) is 0.759.